The number of fused-ring (bicyclic) bond motifs is 1. The lowest BCUT2D eigenvalue weighted by atomic mass is 9.97. The van der Waals surface area contributed by atoms with E-state index in [4.69, 9.17) is 29.4 Å². The maximum atomic E-state index is 13.8. The van der Waals surface area contributed by atoms with Crippen molar-refractivity contribution in [1.29, 1.82) is 0 Å². The summed E-state index contributed by atoms with van der Waals surface area (Å²) in [6, 6.07) is 3.92. The number of aromatic amines is 1. The molecule has 0 unspecified atom stereocenters. The number of para-hydroxylation sites is 1. The van der Waals surface area contributed by atoms with E-state index in [1.807, 2.05) is 24.5 Å². The van der Waals surface area contributed by atoms with Crippen LogP contribution in [0.2, 0.25) is 0 Å². The Kier molecular flexibility index (Phi) is 16.8. The van der Waals surface area contributed by atoms with E-state index in [9.17, 15) is 55.2 Å². The Morgan fingerprint density at radius 2 is 1.42 bits per heavy atom. The molecule has 18 atom stereocenters. The average molecular weight is 877 g/mol. The van der Waals surface area contributed by atoms with E-state index in [1.54, 1.807) is 12.3 Å². The van der Waals surface area contributed by atoms with Gasteiger partial charge in [-0.05, 0) is 45.3 Å². The zero-order valence-corrected chi connectivity index (χ0v) is 34.5. The Hall–Kier alpha value is -2.65. The number of hydrogen-bond acceptors (Lipinski definition) is 18. The first-order valence-corrected chi connectivity index (χ1v) is 21.7. The summed E-state index contributed by atoms with van der Waals surface area (Å²) in [7, 11) is 0. The Bertz CT molecular complexity index is 1710. The number of nitrogens with one attached hydrogen (secondary N) is 3. The van der Waals surface area contributed by atoms with Gasteiger partial charge in [0.25, 0.3) is 0 Å². The number of benzene rings is 1. The fourth-order valence-electron chi connectivity index (χ4n) is 7.08. The molecule has 2 aromatic rings. The summed E-state index contributed by atoms with van der Waals surface area (Å²) in [6.07, 6.45) is -17.5. The lowest BCUT2D eigenvalue weighted by Gasteiger charge is -2.48. The summed E-state index contributed by atoms with van der Waals surface area (Å²) in [5.74, 6) is -2.25. The van der Waals surface area contributed by atoms with Crippen LogP contribution in [0.4, 0.5) is 0 Å². The molecule has 5 rings (SSSR count). The van der Waals surface area contributed by atoms with Gasteiger partial charge in [0.05, 0.1) is 36.8 Å². The third-order valence-corrected chi connectivity index (χ3v) is 12.6. The van der Waals surface area contributed by atoms with Crippen molar-refractivity contribution in [3.8, 4) is 0 Å². The van der Waals surface area contributed by atoms with Crippen molar-refractivity contribution in [2.45, 2.75) is 143 Å². The number of carbonyl (C=O) groups excluding carboxylic acids is 2. The van der Waals surface area contributed by atoms with Crippen molar-refractivity contribution < 1.29 is 78.9 Å². The van der Waals surface area contributed by atoms with Crippen LogP contribution in [0.3, 0.4) is 0 Å². The highest BCUT2D eigenvalue weighted by atomic mass is 32.2. The Balaban J connectivity index is 1.35. The Morgan fingerprint density at radius 3 is 2.10 bits per heavy atom. The molecule has 20 nitrogen and oxygen atoms in total. The number of carboxylic acid groups (broad SMARTS) is 1. The minimum Gasteiger partial charge on any atom is -0.481 e. The number of ether oxygens (including phenoxy) is 5. The molecule has 13 N–H and O–H groups in total. The molecule has 2 amide bonds. The standard InChI is InChI=1S/C37H56N4O16S2/c1-14-24(44)27(47)29(49)35(53-14)57-32-28(48)25(45)15(2)54-36(32)56-31-26(46)16(3)55-37(30(31)50)59-13-22(18-12-39-20-8-6-5-7-17(18)20)41-34(52)21(11-23(42)43)40-33(51)19(38)9-10-58-4/h5-8,12,14-16,19,21-22,24-32,35-37,39,44-50H,9-11,13,38H2,1-4H3,(H,40,51)(H,41,52)(H,42,43)/t14-,15-,16-,19+,21+,22-,24-,25-,26-,27+,28+,29+,30+,31+,32+,35-,36-,37-/m1/s1. The second kappa shape index (κ2) is 20.9. The molecule has 0 radical (unpaired) electrons. The maximum absolute atomic E-state index is 13.8. The molecule has 0 bridgehead atoms. The number of H-pyrrole nitrogens is 1. The van der Waals surface area contributed by atoms with Crippen LogP contribution >= 0.6 is 23.5 Å². The predicted octanol–water partition coefficient (Wildman–Crippen LogP) is -2.37. The van der Waals surface area contributed by atoms with E-state index in [0.29, 0.717) is 17.7 Å². The smallest absolute Gasteiger partial charge is 0.305 e. The molecular weight excluding hydrogens is 821 g/mol. The number of rotatable bonds is 17. The molecule has 3 saturated heterocycles. The lowest BCUT2D eigenvalue weighted by molar-refractivity contribution is -0.376. The summed E-state index contributed by atoms with van der Waals surface area (Å²) in [5, 5.41) is 91.4. The SMILES string of the molecule is CSCC[C@H](N)C(=O)N[C@@H](CC(=O)O)C(=O)N[C@H](CS[C@H]1O[C@H](C)[C@@H](O)[C@H](O[C@H]2O[C@H](C)[C@@H](O)[C@H](O)[C@@H]2O[C@H]2O[C@H](C)[C@@H](O)[C@H](O)[C@@H]2O)[C@@H]1O)c1c[nH]c2ccccc12. The molecule has 1 aromatic heterocycles. The molecule has 3 fully saturated rings. The second-order valence-corrected chi connectivity index (χ2v) is 17.1. The normalized spacial score (nSPS) is 36.7. The van der Waals surface area contributed by atoms with E-state index in [-0.39, 0.29) is 5.75 Å². The van der Waals surface area contributed by atoms with Gasteiger partial charge in [-0.2, -0.15) is 11.8 Å². The topological polar surface area (TPSA) is 325 Å². The van der Waals surface area contributed by atoms with Crippen LogP contribution < -0.4 is 16.4 Å². The van der Waals surface area contributed by atoms with Crippen molar-refractivity contribution in [3.63, 3.8) is 0 Å². The van der Waals surface area contributed by atoms with Crippen LogP contribution in [0.25, 0.3) is 10.9 Å². The van der Waals surface area contributed by atoms with Gasteiger partial charge in [-0.3, -0.25) is 14.4 Å². The highest BCUT2D eigenvalue weighted by Gasteiger charge is 2.53. The number of thioether (sulfide) groups is 2. The molecule has 0 saturated carbocycles. The van der Waals surface area contributed by atoms with Crippen molar-refractivity contribution in [3.05, 3.63) is 36.0 Å². The van der Waals surface area contributed by atoms with Crippen LogP contribution in [0, 0.1) is 0 Å². The minimum atomic E-state index is -1.78. The molecule has 332 valence electrons. The Labute approximate surface area is 348 Å². The number of aliphatic carboxylic acids is 1. The third-order valence-electron chi connectivity index (χ3n) is 10.7. The van der Waals surface area contributed by atoms with Crippen molar-refractivity contribution in [2.75, 3.05) is 17.8 Å². The largest absolute Gasteiger partial charge is 0.481 e. The lowest BCUT2D eigenvalue weighted by Crippen LogP contribution is -2.65. The first-order chi connectivity index (χ1) is 27.9. The maximum Gasteiger partial charge on any atom is 0.305 e. The van der Waals surface area contributed by atoms with Gasteiger partial charge in [0.15, 0.2) is 12.6 Å². The number of aliphatic hydroxyl groups is 7. The van der Waals surface area contributed by atoms with Crippen LogP contribution in [-0.2, 0) is 38.1 Å². The number of hydrogen-bond donors (Lipinski definition) is 12. The van der Waals surface area contributed by atoms with E-state index in [2.05, 4.69) is 15.6 Å². The van der Waals surface area contributed by atoms with Gasteiger partial charge in [0, 0.05) is 28.4 Å². The molecule has 22 heteroatoms. The van der Waals surface area contributed by atoms with Crippen LogP contribution in [0.5, 0.6) is 0 Å². The molecule has 4 heterocycles. The van der Waals surface area contributed by atoms with Crippen LogP contribution in [-0.4, -0.2) is 185 Å². The number of aliphatic hydroxyl groups excluding tert-OH is 7. The summed E-state index contributed by atoms with van der Waals surface area (Å²) < 4.78 is 29.3. The average Bonchev–Trinajstić information content (AvgIpc) is 3.64. The van der Waals surface area contributed by atoms with Gasteiger partial charge in [-0.25, -0.2) is 0 Å². The number of carboxylic acids is 1. The van der Waals surface area contributed by atoms with E-state index in [1.165, 1.54) is 32.5 Å². The number of aromatic nitrogens is 1. The fourth-order valence-corrected chi connectivity index (χ4v) is 8.82. The Morgan fingerprint density at radius 1 is 0.797 bits per heavy atom. The molecular formula is C37H56N4O16S2. The molecule has 1 aromatic carbocycles. The van der Waals surface area contributed by atoms with Crippen LogP contribution in [0.1, 0.15) is 45.2 Å². The quantitative estimate of drug-likeness (QED) is 0.0790. The molecule has 59 heavy (non-hydrogen) atoms. The van der Waals surface area contributed by atoms with Gasteiger partial charge >= 0.3 is 5.97 Å². The molecule has 3 aliphatic rings. The highest BCUT2D eigenvalue weighted by Crippen LogP contribution is 2.37. The zero-order valence-electron chi connectivity index (χ0n) is 32.8. The summed E-state index contributed by atoms with van der Waals surface area (Å²) in [6.45, 7) is 4.40. The summed E-state index contributed by atoms with van der Waals surface area (Å²) in [5.41, 5.74) is 6.20. The first kappa shape index (κ1) is 47.4. The van der Waals surface area contributed by atoms with Crippen molar-refractivity contribution >= 4 is 52.2 Å². The van der Waals surface area contributed by atoms with Crippen LogP contribution in [0.15, 0.2) is 30.5 Å². The van der Waals surface area contributed by atoms with Gasteiger partial charge in [0.2, 0.25) is 11.8 Å². The summed E-state index contributed by atoms with van der Waals surface area (Å²) >= 11 is 2.51. The predicted molar refractivity (Wildman–Crippen MR) is 212 cm³/mol. The minimum absolute atomic E-state index is 0.00268. The van der Waals surface area contributed by atoms with Gasteiger partial charge < -0.3 is 85.9 Å². The zero-order chi connectivity index (χ0) is 43.3. The molecule has 0 spiro atoms. The van der Waals surface area contributed by atoms with Crippen molar-refractivity contribution in [2.24, 2.45) is 5.73 Å². The number of nitrogens with two attached hydrogens (primary N) is 1. The number of amides is 2. The van der Waals surface area contributed by atoms with Gasteiger partial charge in [-0.1, -0.05) is 18.2 Å². The molecule has 0 aliphatic carbocycles. The third kappa shape index (κ3) is 11.2. The monoisotopic (exact) mass is 876 g/mol. The van der Waals surface area contributed by atoms with Gasteiger partial charge in [0.1, 0.15) is 66.4 Å². The van der Waals surface area contributed by atoms with Gasteiger partial charge in [-0.15, -0.1) is 11.8 Å². The van der Waals surface area contributed by atoms with E-state index >= 15 is 0 Å². The number of carbonyl (C=O) groups is 3. The molecule has 3 aliphatic heterocycles. The van der Waals surface area contributed by atoms with E-state index < -0.39 is 134 Å². The second-order valence-electron chi connectivity index (χ2n) is 15.0. The first-order valence-electron chi connectivity index (χ1n) is 19.2. The van der Waals surface area contributed by atoms with Crippen molar-refractivity contribution in [1.82, 2.24) is 15.6 Å². The fraction of sp³-hybridized carbons (Fsp3) is 0.703. The van der Waals surface area contributed by atoms with E-state index in [0.717, 1.165) is 22.7 Å². The highest BCUT2D eigenvalue weighted by molar-refractivity contribution is 7.99. The summed E-state index contributed by atoms with van der Waals surface area (Å²) in [4.78, 5) is 41.6.